The predicted octanol–water partition coefficient (Wildman–Crippen LogP) is 5.62. The maximum absolute atomic E-state index is 13.1. The van der Waals surface area contributed by atoms with E-state index in [9.17, 15) is 4.79 Å². The Kier molecular flexibility index (Phi) is 7.57. The lowest BCUT2D eigenvalue weighted by atomic mass is 9.95. The minimum absolute atomic E-state index is 0.0695. The number of hydrogen-bond donors (Lipinski definition) is 1. The Morgan fingerprint density at radius 1 is 1.11 bits per heavy atom. The first-order chi connectivity index (χ1) is 13.6. The molecule has 1 saturated carbocycles. The predicted molar refractivity (Wildman–Crippen MR) is 116 cm³/mol. The number of rotatable bonds is 7. The van der Waals surface area contributed by atoms with Crippen LogP contribution in [0.1, 0.15) is 51.0 Å². The first-order valence-electron chi connectivity index (χ1n) is 10.00. The van der Waals surface area contributed by atoms with Gasteiger partial charge in [0, 0.05) is 23.8 Å². The van der Waals surface area contributed by atoms with Crippen molar-refractivity contribution in [1.82, 2.24) is 10.3 Å². The summed E-state index contributed by atoms with van der Waals surface area (Å²) < 4.78 is 0. The largest absolute Gasteiger partial charge is 0.352 e. The van der Waals surface area contributed by atoms with Gasteiger partial charge in [0.2, 0.25) is 5.91 Å². The molecule has 3 rings (SSSR count). The van der Waals surface area contributed by atoms with Gasteiger partial charge in [-0.15, -0.1) is 0 Å². The molecule has 28 heavy (non-hydrogen) atoms. The van der Waals surface area contributed by atoms with E-state index in [-0.39, 0.29) is 18.0 Å². The lowest BCUT2D eigenvalue weighted by Crippen LogP contribution is -2.50. The smallest absolute Gasteiger partial charge is 0.242 e. The Morgan fingerprint density at radius 3 is 2.39 bits per heavy atom. The molecule has 1 aromatic heterocycles. The van der Waals surface area contributed by atoms with Gasteiger partial charge < -0.3 is 10.2 Å². The Labute approximate surface area is 177 Å². The summed E-state index contributed by atoms with van der Waals surface area (Å²) in [6.45, 7) is 2.61. The van der Waals surface area contributed by atoms with Crippen LogP contribution in [0.15, 0.2) is 42.6 Å². The molecule has 0 spiro atoms. The fourth-order valence-corrected chi connectivity index (χ4v) is 4.00. The van der Waals surface area contributed by atoms with Gasteiger partial charge in [-0.2, -0.15) is 0 Å². The number of amides is 1. The van der Waals surface area contributed by atoms with Crippen LogP contribution >= 0.6 is 23.2 Å². The van der Waals surface area contributed by atoms with Gasteiger partial charge >= 0.3 is 0 Å². The molecular weight excluding hydrogens is 393 g/mol. The van der Waals surface area contributed by atoms with Gasteiger partial charge in [0.1, 0.15) is 11.9 Å². The van der Waals surface area contributed by atoms with Crippen LogP contribution in [0.3, 0.4) is 0 Å². The highest BCUT2D eigenvalue weighted by Gasteiger charge is 2.28. The molecule has 1 aliphatic carbocycles. The standard InChI is InChI=1S/C22H27Cl2N3O/c1-2-20(22(28)26-19-6-4-3-5-7-19)27(21-13-12-18(24)14-25-21)15-16-8-10-17(23)11-9-16/h8-14,19-20H,2-7,15H2,1H3,(H,26,28). The maximum Gasteiger partial charge on any atom is 0.242 e. The van der Waals surface area contributed by atoms with Crippen LogP contribution in [0.25, 0.3) is 0 Å². The Balaban J connectivity index is 1.82. The van der Waals surface area contributed by atoms with Crippen molar-refractivity contribution in [2.75, 3.05) is 4.90 Å². The number of pyridine rings is 1. The first kappa shape index (κ1) is 20.9. The Morgan fingerprint density at radius 2 is 1.79 bits per heavy atom. The monoisotopic (exact) mass is 419 g/mol. The molecule has 2 aromatic rings. The summed E-state index contributed by atoms with van der Waals surface area (Å²) in [6, 6.07) is 11.4. The highest BCUT2D eigenvalue weighted by molar-refractivity contribution is 6.30. The van der Waals surface area contributed by atoms with Crippen molar-refractivity contribution in [3.05, 3.63) is 58.2 Å². The topological polar surface area (TPSA) is 45.2 Å². The van der Waals surface area contributed by atoms with E-state index in [0.29, 0.717) is 23.0 Å². The van der Waals surface area contributed by atoms with Gasteiger partial charge in [0.15, 0.2) is 0 Å². The molecule has 0 saturated heterocycles. The van der Waals surface area contributed by atoms with Crippen LogP contribution in [-0.4, -0.2) is 23.0 Å². The van der Waals surface area contributed by atoms with E-state index in [1.54, 1.807) is 6.20 Å². The number of benzene rings is 1. The van der Waals surface area contributed by atoms with Crippen molar-refractivity contribution >= 4 is 34.9 Å². The second-order valence-electron chi connectivity index (χ2n) is 7.36. The van der Waals surface area contributed by atoms with Crippen molar-refractivity contribution in [3.8, 4) is 0 Å². The molecule has 1 fully saturated rings. The zero-order valence-electron chi connectivity index (χ0n) is 16.2. The fraction of sp³-hybridized carbons (Fsp3) is 0.455. The number of nitrogens with one attached hydrogen (secondary N) is 1. The molecule has 0 radical (unpaired) electrons. The number of hydrogen-bond acceptors (Lipinski definition) is 3. The fourth-order valence-electron chi connectivity index (χ4n) is 3.77. The molecule has 1 amide bonds. The summed E-state index contributed by atoms with van der Waals surface area (Å²) in [5.41, 5.74) is 1.07. The average molecular weight is 420 g/mol. The number of halogens is 2. The van der Waals surface area contributed by atoms with Crippen molar-refractivity contribution in [3.63, 3.8) is 0 Å². The van der Waals surface area contributed by atoms with Gasteiger partial charge in [0.05, 0.1) is 5.02 Å². The molecule has 1 unspecified atom stereocenters. The van der Waals surface area contributed by atoms with Gasteiger partial charge in [-0.05, 0) is 49.1 Å². The van der Waals surface area contributed by atoms with Crippen LogP contribution in [0.2, 0.25) is 10.0 Å². The second-order valence-corrected chi connectivity index (χ2v) is 8.23. The summed E-state index contributed by atoms with van der Waals surface area (Å²) in [4.78, 5) is 19.7. The molecule has 1 atom stereocenters. The summed E-state index contributed by atoms with van der Waals surface area (Å²) in [5.74, 6) is 0.810. The highest BCUT2D eigenvalue weighted by Crippen LogP contribution is 2.23. The second kappa shape index (κ2) is 10.1. The summed E-state index contributed by atoms with van der Waals surface area (Å²) in [6.07, 6.45) is 8.09. The van der Waals surface area contributed by atoms with Crippen molar-refractivity contribution in [2.45, 2.75) is 64.1 Å². The molecule has 0 bridgehead atoms. The van der Waals surface area contributed by atoms with E-state index in [1.807, 2.05) is 43.3 Å². The number of anilines is 1. The number of carbonyl (C=O) groups is 1. The number of aromatic nitrogens is 1. The van der Waals surface area contributed by atoms with Crippen LogP contribution in [0.5, 0.6) is 0 Å². The Bertz CT molecular complexity index is 758. The highest BCUT2D eigenvalue weighted by atomic mass is 35.5. The van der Waals surface area contributed by atoms with Gasteiger partial charge in [-0.3, -0.25) is 4.79 Å². The molecule has 6 heteroatoms. The van der Waals surface area contributed by atoms with E-state index in [1.165, 1.54) is 19.3 Å². The van der Waals surface area contributed by atoms with E-state index >= 15 is 0 Å². The van der Waals surface area contributed by atoms with Crippen molar-refractivity contribution in [1.29, 1.82) is 0 Å². The quantitative estimate of drug-likeness (QED) is 0.632. The zero-order chi connectivity index (χ0) is 19.9. The third-order valence-electron chi connectivity index (χ3n) is 5.29. The third-order valence-corrected chi connectivity index (χ3v) is 5.76. The van der Waals surface area contributed by atoms with Crippen LogP contribution in [0.4, 0.5) is 5.82 Å². The third kappa shape index (κ3) is 5.62. The van der Waals surface area contributed by atoms with Crippen molar-refractivity contribution < 1.29 is 4.79 Å². The molecule has 4 nitrogen and oxygen atoms in total. The molecular formula is C22H27Cl2N3O. The normalized spacial score (nSPS) is 15.8. The minimum Gasteiger partial charge on any atom is -0.352 e. The first-order valence-corrected chi connectivity index (χ1v) is 10.8. The summed E-state index contributed by atoms with van der Waals surface area (Å²) in [5, 5.41) is 4.55. The van der Waals surface area contributed by atoms with E-state index < -0.39 is 0 Å². The molecule has 0 aliphatic heterocycles. The molecule has 1 aliphatic rings. The summed E-state index contributed by atoms with van der Waals surface area (Å²) in [7, 11) is 0. The molecule has 1 heterocycles. The van der Waals surface area contributed by atoms with E-state index in [4.69, 9.17) is 23.2 Å². The average Bonchev–Trinajstić information content (AvgIpc) is 2.71. The number of nitrogens with zero attached hydrogens (tertiary/aromatic N) is 2. The SMILES string of the molecule is CCC(C(=O)NC1CCCCC1)N(Cc1ccc(Cl)cc1)c1ccc(Cl)cn1. The Hall–Kier alpha value is -1.78. The molecule has 150 valence electrons. The summed E-state index contributed by atoms with van der Waals surface area (Å²) >= 11 is 12.1. The van der Waals surface area contributed by atoms with Crippen LogP contribution in [-0.2, 0) is 11.3 Å². The lowest BCUT2D eigenvalue weighted by Gasteiger charge is -2.33. The number of carbonyl (C=O) groups excluding carboxylic acids is 1. The minimum atomic E-state index is -0.300. The zero-order valence-corrected chi connectivity index (χ0v) is 17.7. The lowest BCUT2D eigenvalue weighted by molar-refractivity contribution is -0.123. The molecule has 1 N–H and O–H groups in total. The molecule has 1 aromatic carbocycles. The van der Waals surface area contributed by atoms with E-state index in [0.717, 1.165) is 24.2 Å². The van der Waals surface area contributed by atoms with Crippen molar-refractivity contribution in [2.24, 2.45) is 0 Å². The maximum atomic E-state index is 13.1. The van der Waals surface area contributed by atoms with Gasteiger partial charge in [-0.1, -0.05) is 61.5 Å². The van der Waals surface area contributed by atoms with E-state index in [2.05, 4.69) is 15.2 Å². The van der Waals surface area contributed by atoms with Gasteiger partial charge in [-0.25, -0.2) is 4.98 Å². The van der Waals surface area contributed by atoms with Gasteiger partial charge in [0.25, 0.3) is 0 Å². The van der Waals surface area contributed by atoms with Crippen LogP contribution in [0, 0.1) is 0 Å². The van der Waals surface area contributed by atoms with Crippen LogP contribution < -0.4 is 10.2 Å².